The number of methoxy groups -OCH3 is 1. The van der Waals surface area contributed by atoms with Crippen molar-refractivity contribution >= 4 is 18.2 Å². The Morgan fingerprint density at radius 3 is 2.72 bits per heavy atom. The van der Waals surface area contributed by atoms with Gasteiger partial charge >= 0.3 is 5.97 Å². The zero-order valence-electron chi connectivity index (χ0n) is 17.1. The van der Waals surface area contributed by atoms with Gasteiger partial charge in [0, 0.05) is 24.5 Å². The highest BCUT2D eigenvalue weighted by atomic mass is 32.1. The van der Waals surface area contributed by atoms with E-state index in [1.807, 2.05) is 28.6 Å². The first-order valence-electron chi connectivity index (χ1n) is 9.38. The van der Waals surface area contributed by atoms with Crippen molar-refractivity contribution in [1.82, 2.24) is 24.2 Å². The molecule has 0 radical (unpaired) electrons. The van der Waals surface area contributed by atoms with Crippen molar-refractivity contribution in [3.63, 3.8) is 0 Å². The second kappa shape index (κ2) is 9.15. The standard InChI is InChI=1S/C20H25N5O3S/c1-5-10-24-18(15-6-8-21-9-7-15)22-25(20(24)29)13-23(3)12-16-11-17(14(2)28-16)19(26)27-4/h6-9,11H,5,10,12-13H2,1-4H3. The maximum absolute atomic E-state index is 11.8. The number of hydrogen-bond donors (Lipinski definition) is 0. The molecule has 0 fully saturated rings. The number of ether oxygens (including phenoxy) is 1. The number of nitrogens with zero attached hydrogens (tertiary/aromatic N) is 5. The third-order valence-corrected chi connectivity index (χ3v) is 4.91. The Labute approximate surface area is 174 Å². The molecule has 3 rings (SSSR count). The van der Waals surface area contributed by atoms with Gasteiger partial charge < -0.3 is 9.15 Å². The predicted molar refractivity (Wildman–Crippen MR) is 111 cm³/mol. The number of aryl methyl sites for hydroxylation is 1. The van der Waals surface area contributed by atoms with Crippen LogP contribution in [0.25, 0.3) is 11.4 Å². The number of hydrogen-bond acceptors (Lipinski definition) is 7. The Morgan fingerprint density at radius 1 is 1.34 bits per heavy atom. The smallest absolute Gasteiger partial charge is 0.341 e. The Bertz CT molecular complexity index is 1040. The first-order valence-corrected chi connectivity index (χ1v) is 9.79. The molecule has 0 saturated carbocycles. The van der Waals surface area contributed by atoms with Crippen molar-refractivity contribution in [1.29, 1.82) is 0 Å². The van der Waals surface area contributed by atoms with Crippen LogP contribution in [0.2, 0.25) is 0 Å². The van der Waals surface area contributed by atoms with Crippen LogP contribution in [0.15, 0.2) is 35.0 Å². The maximum Gasteiger partial charge on any atom is 0.341 e. The van der Waals surface area contributed by atoms with Crippen LogP contribution in [0.5, 0.6) is 0 Å². The van der Waals surface area contributed by atoms with E-state index in [-0.39, 0.29) is 0 Å². The number of furan rings is 1. The van der Waals surface area contributed by atoms with Crippen LogP contribution in [0.4, 0.5) is 0 Å². The van der Waals surface area contributed by atoms with E-state index in [1.54, 1.807) is 30.1 Å². The summed E-state index contributed by atoms with van der Waals surface area (Å²) in [6.07, 6.45) is 4.45. The van der Waals surface area contributed by atoms with Gasteiger partial charge in [-0.25, -0.2) is 9.48 Å². The average Bonchev–Trinajstić information content (AvgIpc) is 3.22. The lowest BCUT2D eigenvalue weighted by molar-refractivity contribution is 0.0599. The third-order valence-electron chi connectivity index (χ3n) is 4.48. The summed E-state index contributed by atoms with van der Waals surface area (Å²) in [4.78, 5) is 17.9. The van der Waals surface area contributed by atoms with Crippen molar-refractivity contribution in [2.24, 2.45) is 0 Å². The number of carbonyl (C=O) groups is 1. The van der Waals surface area contributed by atoms with Crippen LogP contribution in [-0.4, -0.2) is 44.4 Å². The highest BCUT2D eigenvalue weighted by Crippen LogP contribution is 2.20. The van der Waals surface area contributed by atoms with Crippen LogP contribution >= 0.6 is 12.2 Å². The monoisotopic (exact) mass is 415 g/mol. The highest BCUT2D eigenvalue weighted by molar-refractivity contribution is 7.71. The lowest BCUT2D eigenvalue weighted by atomic mass is 10.2. The first-order chi connectivity index (χ1) is 13.9. The zero-order chi connectivity index (χ0) is 21.0. The average molecular weight is 416 g/mol. The molecule has 0 atom stereocenters. The molecule has 0 aliphatic rings. The van der Waals surface area contributed by atoms with E-state index in [9.17, 15) is 4.79 Å². The molecule has 0 unspecified atom stereocenters. The Kier molecular flexibility index (Phi) is 6.60. The number of esters is 1. The second-order valence-electron chi connectivity index (χ2n) is 6.82. The summed E-state index contributed by atoms with van der Waals surface area (Å²) in [5.74, 6) is 1.65. The van der Waals surface area contributed by atoms with E-state index in [1.165, 1.54) is 7.11 Å². The molecule has 3 heterocycles. The molecule has 0 bridgehead atoms. The molecule has 0 amide bonds. The predicted octanol–water partition coefficient (Wildman–Crippen LogP) is 3.66. The van der Waals surface area contributed by atoms with E-state index in [4.69, 9.17) is 26.5 Å². The molecule has 0 N–H and O–H groups in total. The minimum Gasteiger partial charge on any atom is -0.465 e. The van der Waals surface area contributed by atoms with Crippen molar-refractivity contribution in [3.8, 4) is 11.4 Å². The minimum atomic E-state index is -0.400. The van der Waals surface area contributed by atoms with E-state index in [0.29, 0.717) is 35.1 Å². The third kappa shape index (κ3) is 4.63. The summed E-state index contributed by atoms with van der Waals surface area (Å²) < 4.78 is 15.0. The van der Waals surface area contributed by atoms with Gasteiger partial charge in [-0.2, -0.15) is 5.10 Å². The van der Waals surface area contributed by atoms with Crippen LogP contribution in [0, 0.1) is 11.7 Å². The topological polar surface area (TPSA) is 78.3 Å². The molecule has 29 heavy (non-hydrogen) atoms. The molecule has 0 aliphatic carbocycles. The zero-order valence-corrected chi connectivity index (χ0v) is 17.9. The van der Waals surface area contributed by atoms with E-state index in [2.05, 4.69) is 11.9 Å². The quantitative estimate of drug-likeness (QED) is 0.410. The van der Waals surface area contributed by atoms with Gasteiger partial charge in [0.15, 0.2) is 10.6 Å². The summed E-state index contributed by atoms with van der Waals surface area (Å²) in [6.45, 7) is 5.64. The number of aromatic nitrogens is 4. The fourth-order valence-electron chi connectivity index (χ4n) is 3.15. The minimum absolute atomic E-state index is 0.400. The van der Waals surface area contributed by atoms with Crippen molar-refractivity contribution in [2.45, 2.75) is 40.0 Å². The fraction of sp³-hybridized carbons (Fsp3) is 0.400. The molecule has 0 saturated heterocycles. The number of carbonyl (C=O) groups excluding carboxylic acids is 1. The molecule has 0 spiro atoms. The van der Waals surface area contributed by atoms with Crippen molar-refractivity contribution in [3.05, 3.63) is 52.4 Å². The maximum atomic E-state index is 11.8. The van der Waals surface area contributed by atoms with Gasteiger partial charge in [-0.1, -0.05) is 6.92 Å². The van der Waals surface area contributed by atoms with Gasteiger partial charge in [-0.3, -0.25) is 14.5 Å². The molecular formula is C20H25N5O3S. The van der Waals surface area contributed by atoms with Crippen LogP contribution in [0.1, 0.15) is 35.2 Å². The SMILES string of the molecule is CCCn1c(-c2ccncc2)nn(CN(C)Cc2cc(C(=O)OC)c(C)o2)c1=S. The summed E-state index contributed by atoms with van der Waals surface area (Å²) in [5.41, 5.74) is 1.42. The summed E-state index contributed by atoms with van der Waals surface area (Å²) in [5, 5.41) is 4.75. The van der Waals surface area contributed by atoms with Crippen LogP contribution < -0.4 is 0 Å². The molecular weight excluding hydrogens is 390 g/mol. The van der Waals surface area contributed by atoms with Gasteiger partial charge in [0.1, 0.15) is 17.1 Å². The Hall–Kier alpha value is -2.78. The second-order valence-corrected chi connectivity index (χ2v) is 7.19. The van der Waals surface area contributed by atoms with Gasteiger partial charge in [0.2, 0.25) is 0 Å². The van der Waals surface area contributed by atoms with E-state index in [0.717, 1.165) is 24.4 Å². The summed E-state index contributed by atoms with van der Waals surface area (Å²) in [6, 6.07) is 5.57. The Balaban J connectivity index is 1.81. The van der Waals surface area contributed by atoms with Gasteiger partial charge in [-0.05, 0) is 50.8 Å². The fourth-order valence-corrected chi connectivity index (χ4v) is 3.43. The molecule has 9 heteroatoms. The first kappa shape index (κ1) is 20.9. The van der Waals surface area contributed by atoms with Gasteiger partial charge in [-0.15, -0.1) is 0 Å². The summed E-state index contributed by atoms with van der Waals surface area (Å²) >= 11 is 5.67. The van der Waals surface area contributed by atoms with E-state index >= 15 is 0 Å². The number of pyridine rings is 1. The van der Waals surface area contributed by atoms with Crippen molar-refractivity contribution in [2.75, 3.05) is 14.2 Å². The van der Waals surface area contributed by atoms with Crippen LogP contribution in [0.3, 0.4) is 0 Å². The lowest BCUT2D eigenvalue weighted by Crippen LogP contribution is -2.22. The van der Waals surface area contributed by atoms with E-state index < -0.39 is 5.97 Å². The normalized spacial score (nSPS) is 11.2. The van der Waals surface area contributed by atoms with Gasteiger partial charge in [0.25, 0.3) is 0 Å². The molecule has 8 nitrogen and oxygen atoms in total. The van der Waals surface area contributed by atoms with Crippen molar-refractivity contribution < 1.29 is 13.9 Å². The highest BCUT2D eigenvalue weighted by Gasteiger charge is 2.17. The molecule has 3 aromatic heterocycles. The largest absolute Gasteiger partial charge is 0.465 e. The molecule has 0 aromatic carbocycles. The Morgan fingerprint density at radius 2 is 2.07 bits per heavy atom. The molecule has 0 aliphatic heterocycles. The lowest BCUT2D eigenvalue weighted by Gasteiger charge is -2.14. The molecule has 3 aromatic rings. The van der Waals surface area contributed by atoms with Crippen LogP contribution in [-0.2, 0) is 24.5 Å². The number of rotatable bonds is 8. The van der Waals surface area contributed by atoms with Gasteiger partial charge in [0.05, 0.1) is 20.3 Å². The summed E-state index contributed by atoms with van der Waals surface area (Å²) in [7, 11) is 3.30. The molecule has 154 valence electrons.